The molecular weight excluding hydrogens is 280 g/mol. The largest absolute Gasteiger partial charge is 0.372 e. The van der Waals surface area contributed by atoms with Gasteiger partial charge in [0.25, 0.3) is 0 Å². The summed E-state index contributed by atoms with van der Waals surface area (Å²) in [6.07, 6.45) is 3.99. The van der Waals surface area contributed by atoms with Gasteiger partial charge in [0.1, 0.15) is 0 Å². The number of nitrogens with two attached hydrogens (primary N) is 1. The average Bonchev–Trinajstić information content (AvgIpc) is 2.56. The Bertz CT molecular complexity index is 533. The van der Waals surface area contributed by atoms with E-state index in [-0.39, 0.29) is 18.4 Å². The summed E-state index contributed by atoms with van der Waals surface area (Å²) in [5.41, 5.74) is 10.0. The predicted molar refractivity (Wildman–Crippen MR) is 92.2 cm³/mol. The van der Waals surface area contributed by atoms with E-state index >= 15 is 0 Å². The van der Waals surface area contributed by atoms with E-state index in [0.29, 0.717) is 0 Å². The van der Waals surface area contributed by atoms with Gasteiger partial charge in [0.2, 0.25) is 0 Å². The molecule has 2 aromatic rings. The van der Waals surface area contributed by atoms with Crippen molar-refractivity contribution in [3.63, 3.8) is 0 Å². The molecule has 3 heteroatoms. The van der Waals surface area contributed by atoms with E-state index in [1.165, 1.54) is 49.2 Å². The van der Waals surface area contributed by atoms with Crippen LogP contribution in [0.5, 0.6) is 0 Å². The monoisotopic (exact) mass is 302 g/mol. The van der Waals surface area contributed by atoms with Crippen molar-refractivity contribution in [2.75, 3.05) is 18.0 Å². The summed E-state index contributed by atoms with van der Waals surface area (Å²) >= 11 is 0. The lowest BCUT2D eigenvalue weighted by molar-refractivity contribution is 0.578. The van der Waals surface area contributed by atoms with Crippen molar-refractivity contribution in [1.82, 2.24) is 0 Å². The van der Waals surface area contributed by atoms with Crippen LogP contribution in [0.15, 0.2) is 54.6 Å². The summed E-state index contributed by atoms with van der Waals surface area (Å²) in [5.74, 6) is 0. The first-order valence-corrected chi connectivity index (χ1v) is 7.50. The Kier molecular flexibility index (Phi) is 5.66. The number of halogens is 1. The molecule has 112 valence electrons. The van der Waals surface area contributed by atoms with Crippen LogP contribution in [-0.4, -0.2) is 13.1 Å². The fraction of sp³-hybridized carbons (Fsp3) is 0.333. The van der Waals surface area contributed by atoms with Crippen molar-refractivity contribution in [3.05, 3.63) is 65.7 Å². The second-order valence-corrected chi connectivity index (χ2v) is 5.53. The highest BCUT2D eigenvalue weighted by molar-refractivity contribution is 5.85. The second-order valence-electron chi connectivity index (χ2n) is 5.53. The molecule has 1 saturated heterocycles. The van der Waals surface area contributed by atoms with Gasteiger partial charge in [0.15, 0.2) is 0 Å². The summed E-state index contributed by atoms with van der Waals surface area (Å²) in [6, 6.07) is 19.0. The maximum absolute atomic E-state index is 6.33. The molecule has 21 heavy (non-hydrogen) atoms. The molecule has 1 unspecified atom stereocenters. The third-order valence-electron chi connectivity index (χ3n) is 4.13. The third kappa shape index (κ3) is 3.78. The van der Waals surface area contributed by atoms with Gasteiger partial charge in [-0.1, -0.05) is 42.5 Å². The van der Waals surface area contributed by atoms with E-state index in [9.17, 15) is 0 Å². The van der Waals surface area contributed by atoms with E-state index in [4.69, 9.17) is 5.73 Å². The number of hydrogen-bond donors (Lipinski definition) is 1. The van der Waals surface area contributed by atoms with Crippen LogP contribution < -0.4 is 10.6 Å². The maximum atomic E-state index is 6.33. The molecule has 3 rings (SSSR count). The van der Waals surface area contributed by atoms with Crippen LogP contribution in [-0.2, 0) is 0 Å². The fourth-order valence-electron chi connectivity index (χ4n) is 2.90. The van der Waals surface area contributed by atoms with E-state index in [0.717, 1.165) is 0 Å². The zero-order valence-corrected chi connectivity index (χ0v) is 13.1. The van der Waals surface area contributed by atoms with Crippen molar-refractivity contribution in [2.45, 2.75) is 25.3 Å². The molecule has 0 saturated carbocycles. The van der Waals surface area contributed by atoms with Crippen LogP contribution in [0, 0.1) is 0 Å². The van der Waals surface area contributed by atoms with E-state index < -0.39 is 0 Å². The first-order valence-electron chi connectivity index (χ1n) is 7.50. The minimum absolute atomic E-state index is 0. The quantitative estimate of drug-likeness (QED) is 0.923. The topological polar surface area (TPSA) is 29.3 Å². The molecule has 2 nitrogen and oxygen atoms in total. The van der Waals surface area contributed by atoms with Gasteiger partial charge < -0.3 is 10.6 Å². The molecule has 1 aliphatic rings. The van der Waals surface area contributed by atoms with Crippen molar-refractivity contribution in [3.8, 4) is 0 Å². The molecule has 1 heterocycles. The lowest BCUT2D eigenvalue weighted by atomic mass is 9.99. The van der Waals surface area contributed by atoms with Crippen LogP contribution in [0.4, 0.5) is 5.69 Å². The molecule has 2 N–H and O–H groups in total. The summed E-state index contributed by atoms with van der Waals surface area (Å²) in [5, 5.41) is 0. The van der Waals surface area contributed by atoms with E-state index in [1.54, 1.807) is 0 Å². The molecule has 1 fully saturated rings. The van der Waals surface area contributed by atoms with Crippen LogP contribution >= 0.6 is 12.4 Å². The maximum Gasteiger partial charge on any atom is 0.0551 e. The van der Waals surface area contributed by atoms with Crippen molar-refractivity contribution in [2.24, 2.45) is 5.73 Å². The van der Waals surface area contributed by atoms with Gasteiger partial charge in [0.05, 0.1) is 6.04 Å². The van der Waals surface area contributed by atoms with Crippen LogP contribution in [0.1, 0.15) is 36.4 Å². The number of benzene rings is 2. The molecular formula is C18H23ClN2. The minimum Gasteiger partial charge on any atom is -0.372 e. The van der Waals surface area contributed by atoms with Gasteiger partial charge in [-0.3, -0.25) is 0 Å². The molecule has 0 radical (unpaired) electrons. The summed E-state index contributed by atoms with van der Waals surface area (Å²) in [6.45, 7) is 2.37. The van der Waals surface area contributed by atoms with Gasteiger partial charge in [-0.05, 0) is 42.5 Å². The fourth-order valence-corrected chi connectivity index (χ4v) is 2.90. The standard InChI is InChI=1S/C18H22N2.ClH/c19-18(15-7-3-1-4-8-15)16-9-11-17(12-10-16)20-13-5-2-6-14-20;/h1,3-4,7-12,18H,2,5-6,13-14,19H2;1H. The van der Waals surface area contributed by atoms with Crippen molar-refractivity contribution >= 4 is 18.1 Å². The second kappa shape index (κ2) is 7.48. The Morgan fingerprint density at radius 3 is 1.95 bits per heavy atom. The highest BCUT2D eigenvalue weighted by atomic mass is 35.5. The third-order valence-corrected chi connectivity index (χ3v) is 4.13. The Labute approximate surface area is 133 Å². The summed E-state index contributed by atoms with van der Waals surface area (Å²) in [4.78, 5) is 2.47. The smallest absolute Gasteiger partial charge is 0.0551 e. The molecule has 0 spiro atoms. The molecule has 0 amide bonds. The zero-order valence-electron chi connectivity index (χ0n) is 12.2. The number of nitrogens with zero attached hydrogens (tertiary/aromatic N) is 1. The average molecular weight is 303 g/mol. The minimum atomic E-state index is -0.0356. The number of piperidine rings is 1. The van der Waals surface area contributed by atoms with Crippen LogP contribution in [0.25, 0.3) is 0 Å². The van der Waals surface area contributed by atoms with E-state index in [1.807, 2.05) is 18.2 Å². The van der Waals surface area contributed by atoms with Gasteiger partial charge >= 0.3 is 0 Å². The lowest BCUT2D eigenvalue weighted by Gasteiger charge is -2.29. The Morgan fingerprint density at radius 1 is 0.762 bits per heavy atom. The van der Waals surface area contributed by atoms with Gasteiger partial charge in [-0.15, -0.1) is 12.4 Å². The molecule has 0 aromatic heterocycles. The number of hydrogen-bond acceptors (Lipinski definition) is 2. The normalized spacial score (nSPS) is 16.1. The number of anilines is 1. The molecule has 1 atom stereocenters. The van der Waals surface area contributed by atoms with Gasteiger partial charge in [-0.25, -0.2) is 0 Å². The Balaban J connectivity index is 0.00000161. The summed E-state index contributed by atoms with van der Waals surface area (Å²) < 4.78 is 0. The Morgan fingerprint density at radius 2 is 1.33 bits per heavy atom. The zero-order chi connectivity index (χ0) is 13.8. The molecule has 1 aliphatic heterocycles. The first-order chi connectivity index (χ1) is 9.84. The highest BCUT2D eigenvalue weighted by Crippen LogP contribution is 2.24. The SMILES string of the molecule is Cl.NC(c1ccccc1)c1ccc(N2CCCCC2)cc1. The predicted octanol–water partition coefficient (Wildman–Crippen LogP) is 4.15. The summed E-state index contributed by atoms with van der Waals surface area (Å²) in [7, 11) is 0. The number of rotatable bonds is 3. The lowest BCUT2D eigenvalue weighted by Crippen LogP contribution is -2.29. The van der Waals surface area contributed by atoms with Crippen molar-refractivity contribution in [1.29, 1.82) is 0 Å². The molecule has 0 aliphatic carbocycles. The first kappa shape index (κ1) is 15.9. The Hall–Kier alpha value is -1.51. The van der Waals surface area contributed by atoms with Gasteiger partial charge in [-0.2, -0.15) is 0 Å². The van der Waals surface area contributed by atoms with Crippen LogP contribution in [0.2, 0.25) is 0 Å². The van der Waals surface area contributed by atoms with E-state index in [2.05, 4.69) is 41.3 Å². The van der Waals surface area contributed by atoms with Gasteiger partial charge in [0, 0.05) is 18.8 Å². The highest BCUT2D eigenvalue weighted by Gasteiger charge is 2.12. The van der Waals surface area contributed by atoms with Crippen LogP contribution in [0.3, 0.4) is 0 Å². The molecule has 2 aromatic carbocycles. The van der Waals surface area contributed by atoms with Crippen molar-refractivity contribution < 1.29 is 0 Å². The molecule has 0 bridgehead atoms.